The zero-order valence-corrected chi connectivity index (χ0v) is 11.8. The van der Waals surface area contributed by atoms with Crippen LogP contribution in [0.1, 0.15) is 40.5 Å². The van der Waals surface area contributed by atoms with Crippen molar-refractivity contribution >= 4 is 5.96 Å². The molecule has 1 fully saturated rings. The van der Waals surface area contributed by atoms with Crippen molar-refractivity contribution in [1.29, 1.82) is 0 Å². The quantitative estimate of drug-likeness (QED) is 0.569. The van der Waals surface area contributed by atoms with E-state index in [0.717, 1.165) is 12.5 Å². The van der Waals surface area contributed by atoms with E-state index in [1.165, 1.54) is 12.8 Å². The molecule has 4 heteroatoms. The van der Waals surface area contributed by atoms with Crippen LogP contribution in [0, 0.1) is 5.41 Å². The Morgan fingerprint density at radius 3 is 2.47 bits per heavy atom. The van der Waals surface area contributed by atoms with E-state index in [-0.39, 0.29) is 11.5 Å². The fourth-order valence-electron chi connectivity index (χ4n) is 1.62. The van der Waals surface area contributed by atoms with Crippen LogP contribution in [0.2, 0.25) is 0 Å². The van der Waals surface area contributed by atoms with Crippen LogP contribution in [0.15, 0.2) is 4.99 Å². The Kier molecular flexibility index (Phi) is 5.25. The molecule has 0 saturated heterocycles. The first-order valence-electron chi connectivity index (χ1n) is 6.55. The normalized spacial score (nSPS) is 19.0. The lowest BCUT2D eigenvalue weighted by Gasteiger charge is -2.28. The van der Waals surface area contributed by atoms with E-state index in [1.807, 2.05) is 0 Å². The summed E-state index contributed by atoms with van der Waals surface area (Å²) in [4.78, 5) is 4.60. The molecule has 2 N–H and O–H groups in total. The molecule has 0 aromatic heterocycles. The highest BCUT2D eigenvalue weighted by molar-refractivity contribution is 5.80. The van der Waals surface area contributed by atoms with E-state index >= 15 is 0 Å². The van der Waals surface area contributed by atoms with Gasteiger partial charge in [-0.05, 0) is 25.2 Å². The van der Waals surface area contributed by atoms with Gasteiger partial charge in [0, 0.05) is 19.7 Å². The lowest BCUT2D eigenvalue weighted by molar-refractivity contribution is 0.0241. The fourth-order valence-corrected chi connectivity index (χ4v) is 1.62. The Balaban J connectivity index is 2.50. The smallest absolute Gasteiger partial charge is 0.191 e. The fraction of sp³-hybridized carbons (Fsp3) is 0.923. The van der Waals surface area contributed by atoms with Crippen LogP contribution < -0.4 is 10.6 Å². The molecule has 1 rings (SSSR count). The third-order valence-corrected chi connectivity index (χ3v) is 2.93. The first-order chi connectivity index (χ1) is 7.97. The molecule has 1 unspecified atom stereocenters. The molecule has 0 radical (unpaired) electrons. The van der Waals surface area contributed by atoms with Gasteiger partial charge in [0.15, 0.2) is 5.96 Å². The number of nitrogens with zero attached hydrogens (tertiary/aromatic N) is 1. The minimum absolute atomic E-state index is 0.120. The first-order valence-corrected chi connectivity index (χ1v) is 6.55. The van der Waals surface area contributed by atoms with E-state index in [0.29, 0.717) is 12.6 Å². The molecule has 1 atom stereocenters. The van der Waals surface area contributed by atoms with Crippen molar-refractivity contribution in [3.63, 3.8) is 0 Å². The zero-order valence-electron chi connectivity index (χ0n) is 11.8. The van der Waals surface area contributed by atoms with Gasteiger partial charge in [-0.1, -0.05) is 20.8 Å². The molecular weight excluding hydrogens is 214 g/mol. The molecule has 0 bridgehead atoms. The summed E-state index contributed by atoms with van der Waals surface area (Å²) in [7, 11) is 1.76. The van der Waals surface area contributed by atoms with E-state index in [4.69, 9.17) is 4.74 Å². The molecule has 0 amide bonds. The predicted molar refractivity (Wildman–Crippen MR) is 72.4 cm³/mol. The van der Waals surface area contributed by atoms with Gasteiger partial charge in [-0.25, -0.2) is 0 Å². The molecule has 0 aromatic carbocycles. The van der Waals surface area contributed by atoms with Crippen LogP contribution in [0.4, 0.5) is 0 Å². The average Bonchev–Trinajstić information content (AvgIpc) is 3.00. The van der Waals surface area contributed by atoms with Gasteiger partial charge in [-0.2, -0.15) is 0 Å². The van der Waals surface area contributed by atoms with E-state index in [2.05, 4.69) is 43.3 Å². The number of ether oxygens (including phenoxy) is 1. The minimum Gasteiger partial charge on any atom is -0.379 e. The van der Waals surface area contributed by atoms with Crippen molar-refractivity contribution in [2.75, 3.05) is 20.2 Å². The third-order valence-electron chi connectivity index (χ3n) is 2.93. The molecule has 0 aliphatic heterocycles. The highest BCUT2D eigenvalue weighted by atomic mass is 16.5. The maximum atomic E-state index is 5.50. The second kappa shape index (κ2) is 6.24. The summed E-state index contributed by atoms with van der Waals surface area (Å²) in [5.74, 6) is 0.918. The largest absolute Gasteiger partial charge is 0.379 e. The number of hydrogen-bond donors (Lipinski definition) is 2. The Bertz CT molecular complexity index is 254. The van der Waals surface area contributed by atoms with Crippen molar-refractivity contribution in [3.05, 3.63) is 0 Å². The highest BCUT2D eigenvalue weighted by Crippen LogP contribution is 2.22. The second-order valence-corrected chi connectivity index (χ2v) is 5.73. The maximum absolute atomic E-state index is 5.50. The third kappa shape index (κ3) is 5.39. The molecule has 0 heterocycles. The Morgan fingerprint density at radius 2 is 2.06 bits per heavy atom. The average molecular weight is 241 g/mol. The standard InChI is InChI=1S/C13H27N3O/c1-6-14-12(16-10-7-8-10)15-9-11(17-5)13(2,3)4/h10-11H,6-9H2,1-5H3,(H2,14,15,16). The number of rotatable bonds is 5. The van der Waals surface area contributed by atoms with Crippen molar-refractivity contribution in [2.45, 2.75) is 52.7 Å². The molecule has 17 heavy (non-hydrogen) atoms. The van der Waals surface area contributed by atoms with E-state index in [9.17, 15) is 0 Å². The monoisotopic (exact) mass is 241 g/mol. The SMILES string of the molecule is CCNC(=NCC(OC)C(C)(C)C)NC1CC1. The summed E-state index contributed by atoms with van der Waals surface area (Å²) in [6.07, 6.45) is 2.67. The highest BCUT2D eigenvalue weighted by Gasteiger charge is 2.25. The van der Waals surface area contributed by atoms with Gasteiger partial charge < -0.3 is 15.4 Å². The van der Waals surface area contributed by atoms with E-state index in [1.54, 1.807) is 7.11 Å². The Labute approximate surface area is 105 Å². The Hall–Kier alpha value is -0.770. The van der Waals surface area contributed by atoms with Crippen LogP contribution in [0.5, 0.6) is 0 Å². The van der Waals surface area contributed by atoms with Crippen LogP contribution in [0.25, 0.3) is 0 Å². The van der Waals surface area contributed by atoms with Gasteiger partial charge in [0.05, 0.1) is 12.6 Å². The van der Waals surface area contributed by atoms with Gasteiger partial charge in [-0.3, -0.25) is 4.99 Å². The summed E-state index contributed by atoms with van der Waals surface area (Å²) < 4.78 is 5.50. The molecule has 1 aliphatic carbocycles. The number of nitrogens with one attached hydrogen (secondary N) is 2. The second-order valence-electron chi connectivity index (χ2n) is 5.73. The van der Waals surface area contributed by atoms with Crippen LogP contribution in [0.3, 0.4) is 0 Å². The molecule has 0 aromatic rings. The minimum atomic E-state index is 0.120. The van der Waals surface area contributed by atoms with E-state index < -0.39 is 0 Å². The molecule has 1 aliphatic rings. The van der Waals surface area contributed by atoms with Crippen molar-refractivity contribution < 1.29 is 4.74 Å². The summed E-state index contributed by atoms with van der Waals surface area (Å²) >= 11 is 0. The van der Waals surface area contributed by atoms with Crippen molar-refractivity contribution in [3.8, 4) is 0 Å². The lowest BCUT2D eigenvalue weighted by atomic mass is 9.89. The zero-order chi connectivity index (χ0) is 12.9. The summed E-state index contributed by atoms with van der Waals surface area (Å²) in [5, 5.41) is 6.67. The maximum Gasteiger partial charge on any atom is 0.191 e. The lowest BCUT2D eigenvalue weighted by Crippen LogP contribution is -2.40. The number of aliphatic imine (C=N–C) groups is 1. The summed E-state index contributed by atoms with van der Waals surface area (Å²) in [6.45, 7) is 10.2. The van der Waals surface area contributed by atoms with Gasteiger partial charge in [-0.15, -0.1) is 0 Å². The van der Waals surface area contributed by atoms with Crippen LogP contribution >= 0.6 is 0 Å². The number of methoxy groups -OCH3 is 1. The van der Waals surface area contributed by atoms with Gasteiger partial charge >= 0.3 is 0 Å². The molecular formula is C13H27N3O. The summed E-state index contributed by atoms with van der Waals surface area (Å²) in [5.41, 5.74) is 0.120. The number of guanidine groups is 1. The number of hydrogen-bond acceptors (Lipinski definition) is 2. The van der Waals surface area contributed by atoms with Gasteiger partial charge in [0.25, 0.3) is 0 Å². The van der Waals surface area contributed by atoms with Crippen molar-refractivity contribution in [2.24, 2.45) is 10.4 Å². The predicted octanol–water partition coefficient (Wildman–Crippen LogP) is 1.76. The summed E-state index contributed by atoms with van der Waals surface area (Å²) in [6, 6.07) is 0.628. The topological polar surface area (TPSA) is 45.7 Å². The molecule has 0 spiro atoms. The van der Waals surface area contributed by atoms with Crippen molar-refractivity contribution in [1.82, 2.24) is 10.6 Å². The molecule has 100 valence electrons. The van der Waals surface area contributed by atoms with Crippen LogP contribution in [-0.4, -0.2) is 38.3 Å². The molecule has 1 saturated carbocycles. The van der Waals surface area contributed by atoms with Gasteiger partial charge in [0.1, 0.15) is 0 Å². The Morgan fingerprint density at radius 1 is 1.41 bits per heavy atom. The van der Waals surface area contributed by atoms with Gasteiger partial charge in [0.2, 0.25) is 0 Å². The first kappa shape index (κ1) is 14.3. The van der Waals surface area contributed by atoms with Crippen LogP contribution in [-0.2, 0) is 4.74 Å². The molecule has 4 nitrogen and oxygen atoms in total.